The smallest absolute Gasteiger partial charge is 0.317 e. The maximum atomic E-state index is 14.6. The first-order valence-corrected chi connectivity index (χ1v) is 14.6. The number of carbonyl (C=O) groups is 1. The van der Waals surface area contributed by atoms with Gasteiger partial charge in [0.2, 0.25) is 0 Å². The van der Waals surface area contributed by atoms with Crippen LogP contribution in [0.25, 0.3) is 0 Å². The van der Waals surface area contributed by atoms with E-state index >= 15 is 0 Å². The van der Waals surface area contributed by atoms with Crippen molar-refractivity contribution in [1.82, 2.24) is 10.2 Å². The highest BCUT2D eigenvalue weighted by atomic mass is 35.5. The van der Waals surface area contributed by atoms with Gasteiger partial charge in [-0.2, -0.15) is 0 Å². The molecule has 1 aliphatic carbocycles. The molecule has 1 saturated heterocycles. The molecular formula is C32H35ClFN3O5. The van der Waals surface area contributed by atoms with E-state index in [2.05, 4.69) is 5.32 Å². The number of nitrogens with zero attached hydrogens (tertiary/aromatic N) is 1. The Morgan fingerprint density at radius 2 is 1.83 bits per heavy atom. The van der Waals surface area contributed by atoms with Crippen molar-refractivity contribution in [2.75, 3.05) is 27.3 Å². The lowest BCUT2D eigenvalue weighted by Gasteiger charge is -2.46. The number of amides is 2. The number of hydrogen-bond donors (Lipinski definition) is 3. The molecule has 222 valence electrons. The lowest BCUT2D eigenvalue weighted by Crippen LogP contribution is -2.57. The van der Waals surface area contributed by atoms with Crippen molar-refractivity contribution >= 4 is 17.6 Å². The first-order chi connectivity index (χ1) is 20.2. The second kappa shape index (κ2) is 11.3. The third kappa shape index (κ3) is 4.93. The van der Waals surface area contributed by atoms with Gasteiger partial charge in [-0.1, -0.05) is 35.9 Å². The lowest BCUT2D eigenvalue weighted by molar-refractivity contribution is -0.0909. The van der Waals surface area contributed by atoms with Crippen LogP contribution in [0, 0.1) is 11.7 Å². The van der Waals surface area contributed by atoms with Crippen molar-refractivity contribution in [3.63, 3.8) is 0 Å². The molecule has 0 radical (unpaired) electrons. The summed E-state index contributed by atoms with van der Waals surface area (Å²) < 4.78 is 32.6. The molecule has 6 rings (SSSR count). The maximum Gasteiger partial charge on any atom is 0.317 e. The summed E-state index contributed by atoms with van der Waals surface area (Å²) in [6, 6.07) is 16.1. The predicted molar refractivity (Wildman–Crippen MR) is 157 cm³/mol. The Kier molecular flexibility index (Phi) is 7.68. The molecule has 2 fully saturated rings. The Balaban J connectivity index is 1.52. The van der Waals surface area contributed by atoms with Crippen molar-refractivity contribution < 1.29 is 28.5 Å². The number of urea groups is 1. The lowest BCUT2D eigenvalue weighted by atomic mass is 9.70. The number of ether oxygens (including phenoxy) is 3. The number of hydrogen-bond acceptors (Lipinski definition) is 6. The van der Waals surface area contributed by atoms with Crippen LogP contribution in [0.2, 0.25) is 5.02 Å². The topological polar surface area (TPSA) is 106 Å². The van der Waals surface area contributed by atoms with Crippen LogP contribution in [-0.4, -0.2) is 55.4 Å². The van der Waals surface area contributed by atoms with Gasteiger partial charge in [-0.3, -0.25) is 0 Å². The zero-order valence-electron chi connectivity index (χ0n) is 23.6. The molecule has 42 heavy (non-hydrogen) atoms. The summed E-state index contributed by atoms with van der Waals surface area (Å²) in [7, 11) is 3.06. The van der Waals surface area contributed by atoms with E-state index in [1.54, 1.807) is 42.3 Å². The van der Waals surface area contributed by atoms with Crippen molar-refractivity contribution in [3.05, 3.63) is 88.2 Å². The number of nitrogens with one attached hydrogen (secondary N) is 1. The number of likely N-dealkylation sites (tertiary alicyclic amines) is 1. The van der Waals surface area contributed by atoms with Gasteiger partial charge in [0.15, 0.2) is 0 Å². The highest BCUT2D eigenvalue weighted by molar-refractivity contribution is 6.30. The molecule has 3 aromatic rings. The summed E-state index contributed by atoms with van der Waals surface area (Å²) in [5.41, 5.74) is 6.33. The first kappa shape index (κ1) is 28.6. The number of carbonyl (C=O) groups excluding carboxylic acids is 1. The van der Waals surface area contributed by atoms with Crippen molar-refractivity contribution in [2.24, 2.45) is 11.7 Å². The van der Waals surface area contributed by atoms with Crippen LogP contribution in [0.3, 0.4) is 0 Å². The molecule has 10 heteroatoms. The van der Waals surface area contributed by atoms with E-state index < -0.39 is 23.7 Å². The Bertz CT molecular complexity index is 1470. The van der Waals surface area contributed by atoms with Gasteiger partial charge < -0.3 is 35.3 Å². The maximum absolute atomic E-state index is 14.6. The minimum atomic E-state index is -1.66. The molecule has 1 unspecified atom stereocenters. The van der Waals surface area contributed by atoms with Crippen molar-refractivity contribution in [3.8, 4) is 17.2 Å². The predicted octanol–water partition coefficient (Wildman–Crippen LogP) is 5.12. The molecular weight excluding hydrogens is 561 g/mol. The van der Waals surface area contributed by atoms with Gasteiger partial charge in [0, 0.05) is 42.2 Å². The van der Waals surface area contributed by atoms with Gasteiger partial charge in [-0.05, 0) is 60.6 Å². The van der Waals surface area contributed by atoms with Gasteiger partial charge in [-0.25, -0.2) is 9.18 Å². The van der Waals surface area contributed by atoms with Gasteiger partial charge in [-0.15, -0.1) is 0 Å². The quantitative estimate of drug-likeness (QED) is 0.378. The van der Waals surface area contributed by atoms with E-state index in [1.165, 1.54) is 19.2 Å². The summed E-state index contributed by atoms with van der Waals surface area (Å²) in [4.78, 5) is 15.4. The molecule has 3 aromatic carbocycles. The molecule has 8 nitrogen and oxygen atoms in total. The molecule has 2 heterocycles. The molecule has 5 atom stereocenters. The molecule has 0 aromatic heterocycles. The number of methoxy groups -OCH3 is 2. The van der Waals surface area contributed by atoms with E-state index in [9.17, 15) is 14.3 Å². The van der Waals surface area contributed by atoms with E-state index in [1.807, 2.05) is 18.2 Å². The van der Waals surface area contributed by atoms with Gasteiger partial charge >= 0.3 is 6.03 Å². The SMILES string of the molecule is COc1cc(OC)c2c(c1)O[C@H](c1ccc(Cl)cc1)C1[C@H](c3cccc(F)c3)C[C@H](NC(=O)N3CCC(N)CC3)[C@@]21O. The van der Waals surface area contributed by atoms with Gasteiger partial charge in [0.1, 0.15) is 34.8 Å². The number of piperidine rings is 1. The average molecular weight is 596 g/mol. The molecule has 1 saturated carbocycles. The molecule has 3 aliphatic rings. The standard InChI is InChI=1S/C32H35ClFN3O5/c1-40-23-15-25(41-2)29-26(16-23)42-30(18-6-8-20(33)9-7-18)28-24(19-4-3-5-21(34)14-19)17-27(32(28,29)39)36-31(38)37-12-10-22(35)11-13-37/h3-9,14-16,22,24,27-28,30,39H,10-13,17,35H2,1-2H3,(H,36,38)/t24-,27-,28?,30+,32-/m0/s1. The molecule has 2 amide bonds. The minimum absolute atomic E-state index is 0.0631. The van der Waals surface area contributed by atoms with Gasteiger partial charge in [0.05, 0.1) is 25.8 Å². The summed E-state index contributed by atoms with van der Waals surface area (Å²) >= 11 is 6.23. The highest BCUT2D eigenvalue weighted by Crippen LogP contribution is 2.63. The summed E-state index contributed by atoms with van der Waals surface area (Å²) in [6.07, 6.45) is 1.09. The van der Waals surface area contributed by atoms with Crippen LogP contribution in [-0.2, 0) is 5.60 Å². The fraction of sp³-hybridized carbons (Fsp3) is 0.406. The normalized spacial score (nSPS) is 27.0. The Hall–Kier alpha value is -3.53. The molecule has 4 N–H and O–H groups in total. The summed E-state index contributed by atoms with van der Waals surface area (Å²) in [5, 5.41) is 16.8. The minimum Gasteiger partial charge on any atom is -0.496 e. The summed E-state index contributed by atoms with van der Waals surface area (Å²) in [5.74, 6) is -0.146. The fourth-order valence-corrected chi connectivity index (χ4v) is 7.09. The number of nitrogens with two attached hydrogens (primary N) is 1. The number of benzene rings is 3. The largest absolute Gasteiger partial charge is 0.496 e. The monoisotopic (exact) mass is 595 g/mol. The van der Waals surface area contributed by atoms with E-state index in [-0.39, 0.29) is 23.8 Å². The number of aliphatic hydroxyl groups is 1. The fourth-order valence-electron chi connectivity index (χ4n) is 6.96. The van der Waals surface area contributed by atoms with Crippen LogP contribution in [0.4, 0.5) is 9.18 Å². The third-order valence-electron chi connectivity index (χ3n) is 9.04. The zero-order valence-corrected chi connectivity index (χ0v) is 24.3. The van der Waals surface area contributed by atoms with Crippen LogP contribution in [0.5, 0.6) is 17.2 Å². The highest BCUT2D eigenvalue weighted by Gasteiger charge is 2.64. The third-order valence-corrected chi connectivity index (χ3v) is 9.29. The Morgan fingerprint density at radius 1 is 1.10 bits per heavy atom. The first-order valence-electron chi connectivity index (χ1n) is 14.2. The van der Waals surface area contributed by atoms with E-state index in [0.717, 1.165) is 5.56 Å². The summed E-state index contributed by atoms with van der Waals surface area (Å²) in [6.45, 7) is 1.06. The van der Waals surface area contributed by atoms with Gasteiger partial charge in [0.25, 0.3) is 0 Å². The molecule has 0 bridgehead atoms. The van der Waals surface area contributed by atoms with Crippen LogP contribution < -0.4 is 25.3 Å². The molecule has 2 aliphatic heterocycles. The van der Waals surface area contributed by atoms with Crippen LogP contribution >= 0.6 is 11.6 Å². The second-order valence-corrected chi connectivity index (χ2v) is 11.8. The zero-order chi connectivity index (χ0) is 29.6. The average Bonchev–Trinajstić information content (AvgIpc) is 3.29. The van der Waals surface area contributed by atoms with Crippen LogP contribution in [0.1, 0.15) is 48.0 Å². The van der Waals surface area contributed by atoms with E-state index in [4.69, 9.17) is 31.5 Å². The Labute approximate surface area is 249 Å². The Morgan fingerprint density at radius 3 is 2.50 bits per heavy atom. The van der Waals surface area contributed by atoms with E-state index in [0.29, 0.717) is 65.8 Å². The number of fused-ring (bicyclic) bond motifs is 3. The second-order valence-electron chi connectivity index (χ2n) is 11.4. The number of rotatable bonds is 5. The van der Waals surface area contributed by atoms with Crippen molar-refractivity contribution in [2.45, 2.75) is 49.0 Å². The molecule has 0 spiro atoms. The van der Waals surface area contributed by atoms with Crippen molar-refractivity contribution in [1.29, 1.82) is 0 Å². The van der Waals surface area contributed by atoms with Crippen LogP contribution in [0.15, 0.2) is 60.7 Å². The number of halogens is 2.